The Balaban J connectivity index is 2.35. The van der Waals surface area contributed by atoms with Gasteiger partial charge in [-0.1, -0.05) is 0 Å². The third kappa shape index (κ3) is 2.31. The van der Waals surface area contributed by atoms with E-state index < -0.39 is 12.0 Å². The zero-order chi connectivity index (χ0) is 8.27. The molecule has 1 amide bonds. The first-order valence-electron chi connectivity index (χ1n) is 3.69. The Hall–Kier alpha value is -0.900. The van der Waals surface area contributed by atoms with Gasteiger partial charge in [0, 0.05) is 18.7 Å². The molecule has 0 fully saturated rings. The fourth-order valence-corrected chi connectivity index (χ4v) is 1.09. The molecule has 0 spiro atoms. The van der Waals surface area contributed by atoms with Gasteiger partial charge in [-0.2, -0.15) is 0 Å². The molecule has 0 bridgehead atoms. The summed E-state index contributed by atoms with van der Waals surface area (Å²) >= 11 is 0. The van der Waals surface area contributed by atoms with E-state index in [4.69, 9.17) is 10.8 Å². The second kappa shape index (κ2) is 3.48. The number of carbonyl (C=O) groups excluding carboxylic acids is 1. The molecule has 1 aliphatic heterocycles. The van der Waals surface area contributed by atoms with Gasteiger partial charge >= 0.3 is 0 Å². The molecule has 4 heteroatoms. The standard InChI is InChI=1S/C7H12N2O2/c8-7(11)6(10)4-5-2-1-3-9-5/h6,10H,1-4H2,(H2,8,11). The van der Waals surface area contributed by atoms with Crippen LogP contribution in [0.2, 0.25) is 0 Å². The Morgan fingerprint density at radius 1 is 1.82 bits per heavy atom. The lowest BCUT2D eigenvalue weighted by atomic mass is 10.1. The van der Waals surface area contributed by atoms with Crippen molar-refractivity contribution < 1.29 is 9.90 Å². The summed E-state index contributed by atoms with van der Waals surface area (Å²) in [6.07, 6.45) is 1.19. The first-order chi connectivity index (χ1) is 5.20. The molecular weight excluding hydrogens is 144 g/mol. The Bertz CT molecular complexity index is 189. The van der Waals surface area contributed by atoms with Gasteiger partial charge in [0.2, 0.25) is 5.91 Å². The predicted octanol–water partition coefficient (Wildman–Crippen LogP) is -0.543. The van der Waals surface area contributed by atoms with Crippen LogP contribution in [-0.4, -0.2) is 29.4 Å². The smallest absolute Gasteiger partial charge is 0.246 e. The molecule has 0 saturated carbocycles. The van der Waals surface area contributed by atoms with Crippen LogP contribution in [0.5, 0.6) is 0 Å². The van der Waals surface area contributed by atoms with Crippen LogP contribution in [0.15, 0.2) is 4.99 Å². The number of aliphatic hydroxyl groups excluding tert-OH is 1. The van der Waals surface area contributed by atoms with Gasteiger partial charge in [0.25, 0.3) is 0 Å². The molecule has 0 aliphatic carbocycles. The molecule has 0 aromatic rings. The molecule has 0 saturated heterocycles. The van der Waals surface area contributed by atoms with Gasteiger partial charge in [-0.25, -0.2) is 0 Å². The number of carbonyl (C=O) groups is 1. The largest absolute Gasteiger partial charge is 0.383 e. The lowest BCUT2D eigenvalue weighted by Gasteiger charge is -2.04. The summed E-state index contributed by atoms with van der Waals surface area (Å²) in [7, 11) is 0. The van der Waals surface area contributed by atoms with Crippen LogP contribution in [0, 0.1) is 0 Å². The Morgan fingerprint density at radius 3 is 3.00 bits per heavy atom. The highest BCUT2D eigenvalue weighted by atomic mass is 16.3. The number of aliphatic imine (C=N–C) groups is 1. The number of rotatable bonds is 3. The molecule has 1 heterocycles. The minimum atomic E-state index is -1.05. The van der Waals surface area contributed by atoms with Crippen LogP contribution in [0.25, 0.3) is 0 Å². The first-order valence-corrected chi connectivity index (χ1v) is 3.69. The van der Waals surface area contributed by atoms with E-state index in [1.54, 1.807) is 0 Å². The Morgan fingerprint density at radius 2 is 2.55 bits per heavy atom. The van der Waals surface area contributed by atoms with Crippen molar-refractivity contribution in [3.63, 3.8) is 0 Å². The van der Waals surface area contributed by atoms with Crippen molar-refractivity contribution in [2.75, 3.05) is 6.54 Å². The second-order valence-corrected chi connectivity index (χ2v) is 2.67. The molecule has 3 N–H and O–H groups in total. The molecule has 1 unspecified atom stereocenters. The normalized spacial score (nSPS) is 19.5. The van der Waals surface area contributed by atoms with Gasteiger partial charge in [0.15, 0.2) is 0 Å². The monoisotopic (exact) mass is 156 g/mol. The molecule has 1 atom stereocenters. The zero-order valence-electron chi connectivity index (χ0n) is 6.29. The number of primary amides is 1. The first kappa shape index (κ1) is 8.20. The van der Waals surface area contributed by atoms with Crippen molar-refractivity contribution in [2.24, 2.45) is 10.7 Å². The van der Waals surface area contributed by atoms with Crippen LogP contribution in [0.3, 0.4) is 0 Å². The fourth-order valence-electron chi connectivity index (χ4n) is 1.09. The van der Waals surface area contributed by atoms with Gasteiger partial charge in [-0.15, -0.1) is 0 Å². The van der Waals surface area contributed by atoms with E-state index >= 15 is 0 Å². The van der Waals surface area contributed by atoms with E-state index in [0.29, 0.717) is 6.42 Å². The molecule has 0 aromatic heterocycles. The number of aliphatic hydroxyl groups is 1. The zero-order valence-corrected chi connectivity index (χ0v) is 6.29. The fraction of sp³-hybridized carbons (Fsp3) is 0.714. The number of nitrogens with two attached hydrogens (primary N) is 1. The quantitative estimate of drug-likeness (QED) is 0.575. The Kier molecular flexibility index (Phi) is 2.59. The molecule has 0 radical (unpaired) electrons. The van der Waals surface area contributed by atoms with Gasteiger partial charge < -0.3 is 10.8 Å². The van der Waals surface area contributed by atoms with Gasteiger partial charge in [-0.05, 0) is 12.8 Å². The van der Waals surface area contributed by atoms with E-state index in [1.165, 1.54) is 0 Å². The number of hydrogen-bond donors (Lipinski definition) is 2. The van der Waals surface area contributed by atoms with Crippen molar-refractivity contribution in [3.8, 4) is 0 Å². The van der Waals surface area contributed by atoms with E-state index in [2.05, 4.69) is 4.99 Å². The number of nitrogens with zero attached hydrogens (tertiary/aromatic N) is 1. The van der Waals surface area contributed by atoms with Gasteiger partial charge in [-0.3, -0.25) is 9.79 Å². The highest BCUT2D eigenvalue weighted by Gasteiger charge is 2.15. The summed E-state index contributed by atoms with van der Waals surface area (Å²) in [6.45, 7) is 0.820. The van der Waals surface area contributed by atoms with E-state index in [1.807, 2.05) is 0 Å². The highest BCUT2D eigenvalue weighted by Crippen LogP contribution is 2.08. The van der Waals surface area contributed by atoms with Crippen LogP contribution < -0.4 is 5.73 Å². The third-order valence-electron chi connectivity index (χ3n) is 1.72. The minimum Gasteiger partial charge on any atom is -0.383 e. The summed E-state index contributed by atoms with van der Waals surface area (Å²) in [5.41, 5.74) is 5.78. The highest BCUT2D eigenvalue weighted by molar-refractivity contribution is 5.91. The van der Waals surface area contributed by atoms with E-state index in [0.717, 1.165) is 25.1 Å². The van der Waals surface area contributed by atoms with Crippen molar-refractivity contribution in [1.82, 2.24) is 0 Å². The number of amides is 1. The van der Waals surface area contributed by atoms with Crippen molar-refractivity contribution in [3.05, 3.63) is 0 Å². The van der Waals surface area contributed by atoms with Gasteiger partial charge in [0.05, 0.1) is 0 Å². The third-order valence-corrected chi connectivity index (χ3v) is 1.72. The SMILES string of the molecule is NC(=O)C(O)CC1=NCCC1. The maximum atomic E-state index is 10.4. The molecule has 4 nitrogen and oxygen atoms in total. The maximum Gasteiger partial charge on any atom is 0.246 e. The summed E-state index contributed by atoms with van der Waals surface area (Å²) < 4.78 is 0. The lowest BCUT2D eigenvalue weighted by molar-refractivity contribution is -0.125. The summed E-state index contributed by atoms with van der Waals surface area (Å²) in [5, 5.41) is 9.03. The molecule has 1 aliphatic rings. The molecule has 11 heavy (non-hydrogen) atoms. The van der Waals surface area contributed by atoms with Crippen molar-refractivity contribution in [2.45, 2.75) is 25.4 Å². The maximum absolute atomic E-state index is 10.4. The predicted molar refractivity (Wildman–Crippen MR) is 41.4 cm³/mol. The second-order valence-electron chi connectivity index (χ2n) is 2.67. The summed E-state index contributed by atoms with van der Waals surface area (Å²) in [6, 6.07) is 0. The Labute approximate surface area is 65.1 Å². The number of hydrogen-bond acceptors (Lipinski definition) is 3. The minimum absolute atomic E-state index is 0.315. The summed E-state index contributed by atoms with van der Waals surface area (Å²) in [4.78, 5) is 14.5. The van der Waals surface area contributed by atoms with Crippen LogP contribution >= 0.6 is 0 Å². The van der Waals surface area contributed by atoms with Crippen LogP contribution in [0.1, 0.15) is 19.3 Å². The van der Waals surface area contributed by atoms with Crippen LogP contribution in [0.4, 0.5) is 0 Å². The van der Waals surface area contributed by atoms with E-state index in [-0.39, 0.29) is 0 Å². The molecule has 62 valence electrons. The average molecular weight is 156 g/mol. The topological polar surface area (TPSA) is 75.7 Å². The van der Waals surface area contributed by atoms with Gasteiger partial charge in [0.1, 0.15) is 6.10 Å². The lowest BCUT2D eigenvalue weighted by Crippen LogP contribution is -2.30. The molecule has 0 aromatic carbocycles. The van der Waals surface area contributed by atoms with Crippen LogP contribution in [-0.2, 0) is 4.79 Å². The average Bonchev–Trinajstić information content (AvgIpc) is 2.39. The molecular formula is C7H12N2O2. The van der Waals surface area contributed by atoms with E-state index in [9.17, 15) is 4.79 Å². The summed E-state index contributed by atoms with van der Waals surface area (Å²) in [5.74, 6) is -0.667. The van der Waals surface area contributed by atoms with Crippen molar-refractivity contribution >= 4 is 11.6 Å². The molecule has 1 rings (SSSR count). The van der Waals surface area contributed by atoms with Crippen molar-refractivity contribution in [1.29, 1.82) is 0 Å².